The van der Waals surface area contributed by atoms with Gasteiger partial charge in [0.1, 0.15) is 0 Å². The van der Waals surface area contributed by atoms with E-state index in [-0.39, 0.29) is 28.8 Å². The Morgan fingerprint density at radius 2 is 1.88 bits per heavy atom. The number of nitrogens with zero attached hydrogens (tertiary/aromatic N) is 2. The van der Waals surface area contributed by atoms with Crippen molar-refractivity contribution in [2.24, 2.45) is 5.92 Å². The van der Waals surface area contributed by atoms with E-state index in [0.717, 1.165) is 12.8 Å². The van der Waals surface area contributed by atoms with Gasteiger partial charge in [-0.2, -0.15) is 13.1 Å². The fraction of sp³-hybridized carbons (Fsp3) is 0.435. The molecule has 1 heterocycles. The van der Waals surface area contributed by atoms with Crippen LogP contribution in [0.4, 0.5) is 8.78 Å². The number of piperidine rings is 1. The zero-order chi connectivity index (χ0) is 24.2. The van der Waals surface area contributed by atoms with Crippen LogP contribution in [0, 0.1) is 5.92 Å². The molecule has 0 aliphatic carbocycles. The standard InChI is InChI=1S/C23H28F2N2O5S/c1-16-5-4-12-27(14-16)33(29,30)19-9-7-18(8-10-19)22(28)26(2)15-17-6-11-20(32-23(24)25)21(13-17)31-3/h6-11,13,16,23H,4-5,12,14-15H2,1-3H3/t16-/m0/s1. The lowest BCUT2D eigenvalue weighted by Crippen LogP contribution is -2.39. The van der Waals surface area contributed by atoms with E-state index < -0.39 is 16.6 Å². The van der Waals surface area contributed by atoms with E-state index in [4.69, 9.17) is 4.74 Å². The van der Waals surface area contributed by atoms with Crippen molar-refractivity contribution in [3.63, 3.8) is 0 Å². The Balaban J connectivity index is 1.70. The predicted molar refractivity (Wildman–Crippen MR) is 119 cm³/mol. The molecular weight excluding hydrogens is 454 g/mol. The average Bonchev–Trinajstić information content (AvgIpc) is 2.79. The molecule has 1 fully saturated rings. The van der Waals surface area contributed by atoms with E-state index in [9.17, 15) is 22.0 Å². The minimum Gasteiger partial charge on any atom is -0.493 e. The number of halogens is 2. The smallest absolute Gasteiger partial charge is 0.387 e. The van der Waals surface area contributed by atoms with Gasteiger partial charge in [0.15, 0.2) is 11.5 Å². The van der Waals surface area contributed by atoms with E-state index in [1.807, 2.05) is 6.92 Å². The molecule has 0 unspecified atom stereocenters. The number of methoxy groups -OCH3 is 1. The third-order valence-corrected chi connectivity index (χ3v) is 7.45. The summed E-state index contributed by atoms with van der Waals surface area (Å²) in [4.78, 5) is 14.4. The van der Waals surface area contributed by atoms with Crippen LogP contribution in [0.25, 0.3) is 0 Å². The first-order valence-electron chi connectivity index (χ1n) is 10.6. The number of alkyl halides is 2. The van der Waals surface area contributed by atoms with Crippen LogP contribution in [0.5, 0.6) is 11.5 Å². The van der Waals surface area contributed by atoms with Crippen molar-refractivity contribution in [2.75, 3.05) is 27.2 Å². The third-order valence-electron chi connectivity index (χ3n) is 5.57. The third kappa shape index (κ3) is 6.00. The van der Waals surface area contributed by atoms with Gasteiger partial charge in [0, 0.05) is 32.2 Å². The fourth-order valence-electron chi connectivity index (χ4n) is 3.85. The van der Waals surface area contributed by atoms with Gasteiger partial charge in [-0.3, -0.25) is 4.79 Å². The second-order valence-electron chi connectivity index (χ2n) is 8.16. The van der Waals surface area contributed by atoms with Crippen molar-refractivity contribution in [2.45, 2.75) is 37.8 Å². The predicted octanol–water partition coefficient (Wildman–Crippen LogP) is 3.99. The normalized spacial score (nSPS) is 17.1. The molecule has 33 heavy (non-hydrogen) atoms. The second kappa shape index (κ2) is 10.5. The molecule has 7 nitrogen and oxygen atoms in total. The quantitative estimate of drug-likeness (QED) is 0.569. The highest BCUT2D eigenvalue weighted by Gasteiger charge is 2.28. The summed E-state index contributed by atoms with van der Waals surface area (Å²) in [6, 6.07) is 10.4. The molecule has 0 saturated carbocycles. The van der Waals surface area contributed by atoms with Gasteiger partial charge in [0.05, 0.1) is 12.0 Å². The van der Waals surface area contributed by atoms with Crippen molar-refractivity contribution >= 4 is 15.9 Å². The summed E-state index contributed by atoms with van der Waals surface area (Å²) in [6.45, 7) is 0.250. The molecule has 1 saturated heterocycles. The number of sulfonamides is 1. The molecule has 0 spiro atoms. The van der Waals surface area contributed by atoms with Crippen LogP contribution in [-0.2, 0) is 16.6 Å². The lowest BCUT2D eigenvalue weighted by molar-refractivity contribution is -0.0512. The molecule has 2 aromatic rings. The first kappa shape index (κ1) is 24.9. The zero-order valence-electron chi connectivity index (χ0n) is 18.8. The SMILES string of the molecule is COc1cc(CN(C)C(=O)c2ccc(S(=O)(=O)N3CCC[C@H](C)C3)cc2)ccc1OC(F)F. The van der Waals surface area contributed by atoms with E-state index in [2.05, 4.69) is 4.74 Å². The van der Waals surface area contributed by atoms with Crippen LogP contribution in [0.15, 0.2) is 47.4 Å². The molecule has 0 aromatic heterocycles. The number of carbonyl (C=O) groups is 1. The maximum atomic E-state index is 12.9. The van der Waals surface area contributed by atoms with E-state index >= 15 is 0 Å². The topological polar surface area (TPSA) is 76.2 Å². The summed E-state index contributed by atoms with van der Waals surface area (Å²) in [7, 11) is -0.662. The summed E-state index contributed by atoms with van der Waals surface area (Å²) in [5, 5.41) is 0. The van der Waals surface area contributed by atoms with Gasteiger partial charge in [-0.25, -0.2) is 8.42 Å². The summed E-state index contributed by atoms with van der Waals surface area (Å²) in [5.41, 5.74) is 0.996. The van der Waals surface area contributed by atoms with Crippen molar-refractivity contribution in [3.8, 4) is 11.5 Å². The lowest BCUT2D eigenvalue weighted by atomic mass is 10.0. The molecule has 10 heteroatoms. The van der Waals surface area contributed by atoms with Crippen molar-refractivity contribution in [3.05, 3.63) is 53.6 Å². The van der Waals surface area contributed by atoms with Crippen LogP contribution < -0.4 is 9.47 Å². The fourth-order valence-corrected chi connectivity index (χ4v) is 5.45. The minimum absolute atomic E-state index is 0.0925. The highest BCUT2D eigenvalue weighted by atomic mass is 32.2. The van der Waals surface area contributed by atoms with Gasteiger partial charge in [-0.1, -0.05) is 13.0 Å². The van der Waals surface area contributed by atoms with Gasteiger partial charge >= 0.3 is 6.61 Å². The van der Waals surface area contributed by atoms with Gasteiger partial charge in [0.2, 0.25) is 10.0 Å². The number of carbonyl (C=O) groups excluding carboxylic acids is 1. The van der Waals surface area contributed by atoms with Crippen molar-refractivity contribution in [1.82, 2.24) is 9.21 Å². The van der Waals surface area contributed by atoms with Gasteiger partial charge < -0.3 is 14.4 Å². The Bertz CT molecular complexity index is 1080. The molecule has 1 aliphatic heterocycles. The van der Waals surface area contributed by atoms with Gasteiger partial charge in [-0.05, 0) is 60.7 Å². The van der Waals surface area contributed by atoms with E-state index in [1.54, 1.807) is 13.1 Å². The Labute approximate surface area is 192 Å². The number of hydrogen-bond donors (Lipinski definition) is 0. The minimum atomic E-state index is -3.60. The maximum absolute atomic E-state index is 12.9. The molecule has 2 aromatic carbocycles. The molecule has 3 rings (SSSR count). The molecule has 1 atom stereocenters. The van der Waals surface area contributed by atoms with E-state index in [1.165, 1.54) is 52.7 Å². The molecular formula is C23H28F2N2O5S. The Morgan fingerprint density at radius 1 is 1.18 bits per heavy atom. The second-order valence-corrected chi connectivity index (χ2v) is 10.1. The largest absolute Gasteiger partial charge is 0.493 e. The number of ether oxygens (including phenoxy) is 2. The maximum Gasteiger partial charge on any atom is 0.387 e. The molecule has 1 amide bonds. The van der Waals surface area contributed by atoms with Gasteiger partial charge in [0.25, 0.3) is 5.91 Å². The highest BCUT2D eigenvalue weighted by molar-refractivity contribution is 7.89. The van der Waals surface area contributed by atoms with Crippen LogP contribution >= 0.6 is 0 Å². The first-order chi connectivity index (χ1) is 15.6. The van der Waals surface area contributed by atoms with Crippen LogP contribution in [0.1, 0.15) is 35.7 Å². The summed E-state index contributed by atoms with van der Waals surface area (Å²) in [5.74, 6) is 0.0513. The highest BCUT2D eigenvalue weighted by Crippen LogP contribution is 2.30. The lowest BCUT2D eigenvalue weighted by Gasteiger charge is -2.30. The molecule has 0 N–H and O–H groups in total. The Hall–Kier alpha value is -2.72. The number of amides is 1. The monoisotopic (exact) mass is 482 g/mol. The Kier molecular flexibility index (Phi) is 7.91. The first-order valence-corrected chi connectivity index (χ1v) is 12.0. The number of hydrogen-bond acceptors (Lipinski definition) is 5. The molecule has 0 bridgehead atoms. The van der Waals surface area contributed by atoms with Crippen molar-refractivity contribution in [1.29, 1.82) is 0 Å². The summed E-state index contributed by atoms with van der Waals surface area (Å²) >= 11 is 0. The molecule has 0 radical (unpaired) electrons. The number of benzene rings is 2. The van der Waals surface area contributed by atoms with Crippen LogP contribution in [0.2, 0.25) is 0 Å². The Morgan fingerprint density at radius 3 is 2.48 bits per heavy atom. The molecule has 1 aliphatic rings. The molecule has 180 valence electrons. The summed E-state index contributed by atoms with van der Waals surface area (Å²) < 4.78 is 61.8. The van der Waals surface area contributed by atoms with Gasteiger partial charge in [-0.15, -0.1) is 0 Å². The zero-order valence-corrected chi connectivity index (χ0v) is 19.6. The van der Waals surface area contributed by atoms with Crippen LogP contribution in [-0.4, -0.2) is 57.4 Å². The average molecular weight is 483 g/mol. The van der Waals surface area contributed by atoms with Crippen LogP contribution in [0.3, 0.4) is 0 Å². The van der Waals surface area contributed by atoms with E-state index in [0.29, 0.717) is 30.1 Å². The van der Waals surface area contributed by atoms with Crippen molar-refractivity contribution < 1.29 is 31.5 Å². The summed E-state index contributed by atoms with van der Waals surface area (Å²) in [6.07, 6.45) is 1.85. The number of rotatable bonds is 8.